The predicted molar refractivity (Wildman–Crippen MR) is 139 cm³/mol. The van der Waals surface area contributed by atoms with E-state index in [1.165, 1.54) is 19.4 Å². The van der Waals surface area contributed by atoms with E-state index >= 15 is 0 Å². The Morgan fingerprint density at radius 2 is 1.95 bits per heavy atom. The first-order valence-electron chi connectivity index (χ1n) is 11.7. The number of halogens is 1. The Morgan fingerprint density at radius 3 is 2.73 bits per heavy atom. The maximum atomic E-state index is 14.6. The number of anilines is 1. The van der Waals surface area contributed by atoms with Gasteiger partial charge in [-0.3, -0.25) is 14.5 Å². The monoisotopic (exact) mass is 496 g/mol. The van der Waals surface area contributed by atoms with Crippen LogP contribution in [-0.2, 0) is 20.0 Å². The average molecular weight is 497 g/mol. The van der Waals surface area contributed by atoms with Gasteiger partial charge in [-0.1, -0.05) is 18.2 Å². The Morgan fingerprint density at radius 1 is 1.08 bits per heavy atom. The van der Waals surface area contributed by atoms with Gasteiger partial charge in [-0.05, 0) is 41.5 Å². The number of carbonyl (C=O) groups is 1. The molecule has 0 amide bonds. The molecule has 5 aromatic rings. The molecule has 0 atom stereocenters. The largest absolute Gasteiger partial charge is 0.496 e. The number of pyridine rings is 1. The fourth-order valence-corrected chi connectivity index (χ4v) is 4.49. The summed E-state index contributed by atoms with van der Waals surface area (Å²) >= 11 is 0. The Bertz CT molecular complexity index is 1580. The maximum Gasteiger partial charge on any atom is 0.185 e. The number of ether oxygens (including phenoxy) is 1. The molecule has 0 aliphatic heterocycles. The van der Waals surface area contributed by atoms with Gasteiger partial charge in [0.25, 0.3) is 0 Å². The SMILES string of the molecule is COc1cccc(F)c1-c1nccc(C(=O)Cc2ccc3c(cnn3C)c2N(C)Cc2cccnc2)n1. The lowest BCUT2D eigenvalue weighted by Gasteiger charge is -2.23. The van der Waals surface area contributed by atoms with Crippen molar-refractivity contribution in [2.24, 2.45) is 7.05 Å². The molecule has 0 aliphatic rings. The van der Waals surface area contributed by atoms with Crippen LogP contribution in [0.15, 0.2) is 73.3 Å². The van der Waals surface area contributed by atoms with E-state index in [4.69, 9.17) is 4.74 Å². The third kappa shape index (κ3) is 4.75. The van der Waals surface area contributed by atoms with Crippen molar-refractivity contribution in [1.82, 2.24) is 24.7 Å². The highest BCUT2D eigenvalue weighted by atomic mass is 19.1. The zero-order chi connectivity index (χ0) is 25.9. The fourth-order valence-electron chi connectivity index (χ4n) is 4.49. The van der Waals surface area contributed by atoms with E-state index in [1.54, 1.807) is 29.1 Å². The first-order chi connectivity index (χ1) is 18.0. The number of nitrogens with zero attached hydrogens (tertiary/aromatic N) is 6. The highest BCUT2D eigenvalue weighted by Gasteiger charge is 2.20. The summed E-state index contributed by atoms with van der Waals surface area (Å²) in [6, 6.07) is 13.8. The molecule has 0 saturated heterocycles. The van der Waals surface area contributed by atoms with Crippen LogP contribution in [0.25, 0.3) is 22.3 Å². The number of hydrogen-bond acceptors (Lipinski definition) is 7. The van der Waals surface area contributed by atoms with Gasteiger partial charge in [-0.2, -0.15) is 5.10 Å². The molecule has 3 heterocycles. The number of rotatable bonds is 8. The van der Waals surface area contributed by atoms with Crippen molar-refractivity contribution >= 4 is 22.4 Å². The second kappa shape index (κ2) is 10.1. The lowest BCUT2D eigenvalue weighted by atomic mass is 10.0. The van der Waals surface area contributed by atoms with Crippen LogP contribution in [0, 0.1) is 5.82 Å². The predicted octanol–water partition coefficient (Wildman–Crippen LogP) is 4.63. The van der Waals surface area contributed by atoms with E-state index in [9.17, 15) is 9.18 Å². The van der Waals surface area contributed by atoms with Gasteiger partial charge in [0.15, 0.2) is 11.6 Å². The molecule has 0 unspecified atom stereocenters. The summed E-state index contributed by atoms with van der Waals surface area (Å²) in [6.07, 6.45) is 6.93. The van der Waals surface area contributed by atoms with Crippen LogP contribution in [0.2, 0.25) is 0 Å². The zero-order valence-corrected chi connectivity index (χ0v) is 20.7. The van der Waals surface area contributed by atoms with Crippen LogP contribution in [0.1, 0.15) is 21.6 Å². The van der Waals surface area contributed by atoms with Gasteiger partial charge in [-0.25, -0.2) is 14.4 Å². The van der Waals surface area contributed by atoms with E-state index in [1.807, 2.05) is 50.8 Å². The van der Waals surface area contributed by atoms with Crippen LogP contribution >= 0.6 is 0 Å². The van der Waals surface area contributed by atoms with Crippen molar-refractivity contribution in [3.8, 4) is 17.1 Å². The number of ketones is 1. The minimum Gasteiger partial charge on any atom is -0.496 e. The maximum absolute atomic E-state index is 14.6. The Labute approximate surface area is 213 Å². The minimum atomic E-state index is -0.523. The molecule has 0 radical (unpaired) electrons. The second-order valence-corrected chi connectivity index (χ2v) is 8.67. The Balaban J connectivity index is 1.50. The van der Waals surface area contributed by atoms with E-state index in [0.29, 0.717) is 12.3 Å². The topological polar surface area (TPSA) is 86.0 Å². The third-order valence-electron chi connectivity index (χ3n) is 6.22. The third-order valence-corrected chi connectivity index (χ3v) is 6.22. The van der Waals surface area contributed by atoms with Crippen LogP contribution < -0.4 is 9.64 Å². The summed E-state index contributed by atoms with van der Waals surface area (Å²) in [6.45, 7) is 0.605. The fraction of sp³-hybridized carbons (Fsp3) is 0.179. The first-order valence-corrected chi connectivity index (χ1v) is 11.7. The second-order valence-electron chi connectivity index (χ2n) is 8.67. The van der Waals surface area contributed by atoms with E-state index < -0.39 is 5.82 Å². The summed E-state index contributed by atoms with van der Waals surface area (Å²) in [7, 11) is 5.32. The smallest absolute Gasteiger partial charge is 0.185 e. The summed E-state index contributed by atoms with van der Waals surface area (Å²) in [5, 5.41) is 5.36. The van der Waals surface area contributed by atoms with E-state index in [-0.39, 0.29) is 29.3 Å². The van der Waals surface area contributed by atoms with Crippen LogP contribution in [0.4, 0.5) is 10.1 Å². The summed E-state index contributed by atoms with van der Waals surface area (Å²) in [5.74, 6) is -0.341. The van der Waals surface area contributed by atoms with Gasteiger partial charge in [-0.15, -0.1) is 0 Å². The molecular weight excluding hydrogens is 471 g/mol. The Hall–Kier alpha value is -4.66. The molecule has 8 nitrogen and oxygen atoms in total. The van der Waals surface area contributed by atoms with Crippen molar-refractivity contribution < 1.29 is 13.9 Å². The summed E-state index contributed by atoms with van der Waals surface area (Å²) < 4.78 is 21.7. The van der Waals surface area contributed by atoms with Crippen molar-refractivity contribution in [2.45, 2.75) is 13.0 Å². The number of methoxy groups -OCH3 is 1. The normalized spacial score (nSPS) is 11.0. The Kier molecular flexibility index (Phi) is 6.59. The van der Waals surface area contributed by atoms with Gasteiger partial charge in [0.05, 0.1) is 30.1 Å². The molecule has 0 aliphatic carbocycles. The van der Waals surface area contributed by atoms with Crippen molar-refractivity contribution in [3.63, 3.8) is 0 Å². The molecule has 0 fully saturated rings. The number of fused-ring (bicyclic) bond motifs is 1. The summed E-state index contributed by atoms with van der Waals surface area (Å²) in [4.78, 5) is 28.4. The standard InChI is InChI=1S/C28H25FN6O2/c1-34(17-18-6-5-12-30-15-18)27-19(9-10-23-20(27)16-32-35(23)2)14-24(36)22-11-13-31-28(33-22)26-21(29)7-4-8-25(26)37-3/h4-13,15-16H,14,17H2,1-3H3. The molecule has 3 aromatic heterocycles. The van der Waals surface area contributed by atoms with Crippen molar-refractivity contribution in [1.29, 1.82) is 0 Å². The lowest BCUT2D eigenvalue weighted by Crippen LogP contribution is -2.20. The molecule has 0 N–H and O–H groups in total. The highest BCUT2D eigenvalue weighted by Crippen LogP contribution is 2.33. The lowest BCUT2D eigenvalue weighted by molar-refractivity contribution is 0.0988. The van der Waals surface area contributed by atoms with E-state index in [0.717, 1.165) is 27.7 Å². The number of carbonyl (C=O) groups excluding carboxylic acids is 1. The van der Waals surface area contributed by atoms with Gasteiger partial charge in [0, 0.05) is 51.0 Å². The first kappa shape index (κ1) is 24.1. The average Bonchev–Trinajstić information content (AvgIpc) is 3.29. The van der Waals surface area contributed by atoms with Crippen LogP contribution in [0.3, 0.4) is 0 Å². The quantitative estimate of drug-likeness (QED) is 0.290. The number of aryl methyl sites for hydroxylation is 1. The van der Waals surface area contributed by atoms with E-state index in [2.05, 4.69) is 25.0 Å². The molecule has 186 valence electrons. The number of hydrogen-bond donors (Lipinski definition) is 0. The zero-order valence-electron chi connectivity index (χ0n) is 20.7. The van der Waals surface area contributed by atoms with Gasteiger partial charge >= 0.3 is 0 Å². The van der Waals surface area contributed by atoms with Gasteiger partial charge < -0.3 is 9.64 Å². The molecular formula is C28H25FN6O2. The number of Topliss-reactive ketones (excluding diaryl/α,β-unsaturated/α-hetero) is 1. The highest BCUT2D eigenvalue weighted by molar-refractivity contribution is 6.00. The summed E-state index contributed by atoms with van der Waals surface area (Å²) in [5.41, 5.74) is 4.06. The van der Waals surface area contributed by atoms with Gasteiger partial charge in [0.1, 0.15) is 17.3 Å². The molecule has 9 heteroatoms. The molecule has 2 aromatic carbocycles. The molecule has 0 saturated carbocycles. The molecule has 37 heavy (non-hydrogen) atoms. The number of aromatic nitrogens is 5. The van der Waals surface area contributed by atoms with Gasteiger partial charge in [0.2, 0.25) is 0 Å². The van der Waals surface area contributed by atoms with Crippen LogP contribution in [0.5, 0.6) is 5.75 Å². The number of benzene rings is 2. The molecule has 0 spiro atoms. The molecule has 0 bridgehead atoms. The molecule has 5 rings (SSSR count). The van der Waals surface area contributed by atoms with Crippen LogP contribution in [-0.4, -0.2) is 44.7 Å². The van der Waals surface area contributed by atoms with Crippen molar-refractivity contribution in [2.75, 3.05) is 19.1 Å². The van der Waals surface area contributed by atoms with Crippen molar-refractivity contribution in [3.05, 3.63) is 96.0 Å². The minimum absolute atomic E-state index is 0.0948.